The van der Waals surface area contributed by atoms with Crippen molar-refractivity contribution in [3.63, 3.8) is 0 Å². The van der Waals surface area contributed by atoms with Crippen molar-refractivity contribution in [1.29, 1.82) is 0 Å². The number of carbonyl (C=O) groups is 2. The standard InChI is InChI=1S/C12H20N2O5/c1-17-6-7-18-8-10(15)14-4-2-12(3-5-14)9-13-11(16)19-12/h2-9H2,1H3,(H,13,16). The van der Waals surface area contributed by atoms with Crippen molar-refractivity contribution in [3.8, 4) is 0 Å². The van der Waals surface area contributed by atoms with Gasteiger partial charge in [-0.3, -0.25) is 4.79 Å². The molecular formula is C12H20N2O5. The zero-order valence-electron chi connectivity index (χ0n) is 11.1. The lowest BCUT2D eigenvalue weighted by Crippen LogP contribution is -2.49. The molecule has 2 aliphatic heterocycles. The van der Waals surface area contributed by atoms with Crippen LogP contribution in [0.3, 0.4) is 0 Å². The number of carbonyl (C=O) groups excluding carboxylic acids is 2. The minimum Gasteiger partial charge on any atom is -0.441 e. The van der Waals surface area contributed by atoms with E-state index in [2.05, 4.69) is 5.32 Å². The van der Waals surface area contributed by atoms with Gasteiger partial charge in [0.1, 0.15) is 12.2 Å². The van der Waals surface area contributed by atoms with E-state index >= 15 is 0 Å². The first-order chi connectivity index (χ1) is 9.15. The number of alkyl carbamates (subject to hydrolysis) is 1. The van der Waals surface area contributed by atoms with Crippen LogP contribution < -0.4 is 5.32 Å². The fourth-order valence-corrected chi connectivity index (χ4v) is 2.34. The fourth-order valence-electron chi connectivity index (χ4n) is 2.34. The van der Waals surface area contributed by atoms with Gasteiger partial charge in [-0.05, 0) is 0 Å². The lowest BCUT2D eigenvalue weighted by Gasteiger charge is -2.37. The van der Waals surface area contributed by atoms with Crippen molar-refractivity contribution in [1.82, 2.24) is 10.2 Å². The van der Waals surface area contributed by atoms with Gasteiger partial charge in [-0.15, -0.1) is 0 Å². The van der Waals surface area contributed by atoms with Crippen LogP contribution in [0.15, 0.2) is 0 Å². The number of amides is 2. The number of hydrogen-bond acceptors (Lipinski definition) is 5. The second kappa shape index (κ2) is 6.21. The first-order valence-corrected chi connectivity index (χ1v) is 6.46. The third-order valence-corrected chi connectivity index (χ3v) is 3.55. The Morgan fingerprint density at radius 2 is 2.16 bits per heavy atom. The van der Waals surface area contributed by atoms with Gasteiger partial charge in [-0.2, -0.15) is 0 Å². The Balaban J connectivity index is 1.70. The van der Waals surface area contributed by atoms with Crippen LogP contribution in [0.1, 0.15) is 12.8 Å². The van der Waals surface area contributed by atoms with Gasteiger partial charge in [0.15, 0.2) is 0 Å². The summed E-state index contributed by atoms with van der Waals surface area (Å²) >= 11 is 0. The highest BCUT2D eigenvalue weighted by molar-refractivity contribution is 5.77. The van der Waals surface area contributed by atoms with Crippen LogP contribution in [0, 0.1) is 0 Å². The first-order valence-electron chi connectivity index (χ1n) is 6.46. The van der Waals surface area contributed by atoms with Crippen molar-refractivity contribution < 1.29 is 23.8 Å². The summed E-state index contributed by atoms with van der Waals surface area (Å²) in [4.78, 5) is 24.7. The highest BCUT2D eigenvalue weighted by atomic mass is 16.6. The summed E-state index contributed by atoms with van der Waals surface area (Å²) in [6.45, 7) is 2.72. The largest absolute Gasteiger partial charge is 0.441 e. The number of rotatable bonds is 5. The Kier molecular flexibility index (Phi) is 4.60. The molecule has 0 aromatic carbocycles. The molecule has 0 radical (unpaired) electrons. The second-order valence-corrected chi connectivity index (χ2v) is 4.85. The summed E-state index contributed by atoms with van der Waals surface area (Å²) in [5, 5.41) is 2.67. The predicted octanol–water partition coefficient (Wildman–Crippen LogP) is -0.250. The Morgan fingerprint density at radius 1 is 1.42 bits per heavy atom. The number of methoxy groups -OCH3 is 1. The SMILES string of the molecule is COCCOCC(=O)N1CCC2(CC1)CNC(=O)O2. The van der Waals surface area contributed by atoms with Crippen molar-refractivity contribution >= 4 is 12.0 Å². The van der Waals surface area contributed by atoms with Gasteiger partial charge >= 0.3 is 6.09 Å². The van der Waals surface area contributed by atoms with E-state index in [1.54, 1.807) is 12.0 Å². The summed E-state index contributed by atoms with van der Waals surface area (Å²) < 4.78 is 15.3. The zero-order valence-corrected chi connectivity index (χ0v) is 11.1. The monoisotopic (exact) mass is 272 g/mol. The molecule has 7 heteroatoms. The summed E-state index contributed by atoms with van der Waals surface area (Å²) in [6.07, 6.45) is 0.994. The van der Waals surface area contributed by atoms with Gasteiger partial charge in [0.05, 0.1) is 19.8 Å². The molecule has 19 heavy (non-hydrogen) atoms. The van der Waals surface area contributed by atoms with Crippen molar-refractivity contribution in [2.45, 2.75) is 18.4 Å². The Labute approximate surface area is 112 Å². The third-order valence-electron chi connectivity index (χ3n) is 3.55. The van der Waals surface area contributed by atoms with E-state index < -0.39 is 5.60 Å². The van der Waals surface area contributed by atoms with Gasteiger partial charge in [0.2, 0.25) is 5.91 Å². The van der Waals surface area contributed by atoms with E-state index in [0.717, 1.165) is 0 Å². The van der Waals surface area contributed by atoms with E-state index in [-0.39, 0.29) is 18.6 Å². The summed E-state index contributed by atoms with van der Waals surface area (Å²) in [5.41, 5.74) is -0.412. The number of nitrogens with one attached hydrogen (secondary N) is 1. The Morgan fingerprint density at radius 3 is 2.74 bits per heavy atom. The molecular weight excluding hydrogens is 252 g/mol. The lowest BCUT2D eigenvalue weighted by atomic mass is 9.92. The smallest absolute Gasteiger partial charge is 0.407 e. The van der Waals surface area contributed by atoms with E-state index in [1.807, 2.05) is 0 Å². The van der Waals surface area contributed by atoms with Crippen molar-refractivity contribution in [3.05, 3.63) is 0 Å². The average Bonchev–Trinajstić information content (AvgIpc) is 2.76. The van der Waals surface area contributed by atoms with Crippen molar-refractivity contribution in [2.75, 3.05) is 46.6 Å². The minimum atomic E-state index is -0.412. The molecule has 0 atom stereocenters. The number of nitrogens with zero attached hydrogens (tertiary/aromatic N) is 1. The van der Waals surface area contributed by atoms with Crippen LogP contribution in [0.2, 0.25) is 0 Å². The van der Waals surface area contributed by atoms with E-state index in [1.165, 1.54) is 0 Å². The highest BCUT2D eigenvalue weighted by Crippen LogP contribution is 2.29. The van der Waals surface area contributed by atoms with E-state index in [0.29, 0.717) is 45.7 Å². The Hall–Kier alpha value is -1.34. The molecule has 0 saturated carbocycles. The molecule has 7 nitrogen and oxygen atoms in total. The highest BCUT2D eigenvalue weighted by Gasteiger charge is 2.43. The molecule has 1 N–H and O–H groups in total. The molecule has 0 unspecified atom stereocenters. The van der Waals surface area contributed by atoms with Crippen LogP contribution in [0.4, 0.5) is 4.79 Å². The van der Waals surface area contributed by atoms with Gasteiger partial charge < -0.3 is 24.4 Å². The van der Waals surface area contributed by atoms with Crippen LogP contribution in [-0.2, 0) is 19.0 Å². The molecule has 108 valence electrons. The molecule has 0 aromatic heterocycles. The van der Waals surface area contributed by atoms with Crippen LogP contribution in [0.5, 0.6) is 0 Å². The maximum Gasteiger partial charge on any atom is 0.407 e. The number of ether oxygens (including phenoxy) is 3. The summed E-state index contributed by atoms with van der Waals surface area (Å²) in [6, 6.07) is 0. The summed E-state index contributed by atoms with van der Waals surface area (Å²) in [7, 11) is 1.59. The quantitative estimate of drug-likeness (QED) is 0.698. The van der Waals surface area contributed by atoms with Gasteiger partial charge in [-0.25, -0.2) is 4.79 Å². The average molecular weight is 272 g/mol. The first kappa shape index (κ1) is 14.1. The molecule has 2 heterocycles. The molecule has 2 fully saturated rings. The van der Waals surface area contributed by atoms with Crippen LogP contribution >= 0.6 is 0 Å². The molecule has 2 aliphatic rings. The maximum atomic E-state index is 11.9. The van der Waals surface area contributed by atoms with Crippen LogP contribution in [0.25, 0.3) is 0 Å². The Bertz CT molecular complexity index is 339. The minimum absolute atomic E-state index is 0.0248. The summed E-state index contributed by atoms with van der Waals surface area (Å²) in [5.74, 6) is -0.0248. The van der Waals surface area contributed by atoms with Crippen molar-refractivity contribution in [2.24, 2.45) is 0 Å². The number of hydrogen-bond donors (Lipinski definition) is 1. The topological polar surface area (TPSA) is 77.1 Å². The molecule has 2 amide bonds. The third kappa shape index (κ3) is 3.57. The van der Waals surface area contributed by atoms with Gasteiger partial charge in [-0.1, -0.05) is 0 Å². The molecule has 0 aromatic rings. The fraction of sp³-hybridized carbons (Fsp3) is 0.833. The maximum absolute atomic E-state index is 11.9. The number of piperidine rings is 1. The molecule has 2 rings (SSSR count). The van der Waals surface area contributed by atoms with Gasteiger partial charge in [0.25, 0.3) is 0 Å². The lowest BCUT2D eigenvalue weighted by molar-refractivity contribution is -0.139. The molecule has 0 bridgehead atoms. The molecule has 0 aliphatic carbocycles. The van der Waals surface area contributed by atoms with Gasteiger partial charge in [0, 0.05) is 33.0 Å². The molecule has 1 spiro atoms. The molecule has 2 saturated heterocycles. The second-order valence-electron chi connectivity index (χ2n) is 4.85. The van der Waals surface area contributed by atoms with E-state index in [4.69, 9.17) is 14.2 Å². The number of likely N-dealkylation sites (tertiary alicyclic amines) is 1. The zero-order chi connectivity index (χ0) is 13.7. The normalized spacial score (nSPS) is 21.3. The predicted molar refractivity (Wildman–Crippen MR) is 65.7 cm³/mol. The van der Waals surface area contributed by atoms with Crippen LogP contribution in [-0.4, -0.2) is 69.1 Å². The van der Waals surface area contributed by atoms with E-state index in [9.17, 15) is 9.59 Å².